The van der Waals surface area contributed by atoms with Gasteiger partial charge in [-0.2, -0.15) is 11.3 Å². The van der Waals surface area contributed by atoms with E-state index in [9.17, 15) is 0 Å². The highest BCUT2D eigenvalue weighted by Gasteiger charge is 2.00. The summed E-state index contributed by atoms with van der Waals surface area (Å²) in [6.07, 6.45) is 9.71. The van der Waals surface area contributed by atoms with Crippen molar-refractivity contribution in [3.05, 3.63) is 22.4 Å². The Kier molecular flexibility index (Phi) is 9.90. The second-order valence-corrected chi connectivity index (χ2v) is 6.61. The number of halogens is 1. The lowest BCUT2D eigenvalue weighted by atomic mass is 10.1. The number of alkyl halides is 1. The molecule has 0 amide bonds. The van der Waals surface area contributed by atoms with E-state index in [1.807, 2.05) is 0 Å². The van der Waals surface area contributed by atoms with Crippen LogP contribution in [0.1, 0.15) is 50.5 Å². The van der Waals surface area contributed by atoms with Crippen LogP contribution in [0.2, 0.25) is 0 Å². The normalized spacial score (nSPS) is 11.3. The van der Waals surface area contributed by atoms with E-state index < -0.39 is 0 Å². The highest BCUT2D eigenvalue weighted by atomic mass is 79.9. The Morgan fingerprint density at radius 1 is 1.06 bits per heavy atom. The summed E-state index contributed by atoms with van der Waals surface area (Å²) in [5.74, 6) is 0. The largest absolute Gasteiger partial charge is 0.302 e. The third-order valence-corrected chi connectivity index (χ3v) is 4.50. The Hall–Kier alpha value is 0.140. The Bertz CT molecular complexity index is 274. The van der Waals surface area contributed by atoms with Crippen LogP contribution in [0.4, 0.5) is 0 Å². The van der Waals surface area contributed by atoms with E-state index in [2.05, 4.69) is 44.7 Å². The SMILES string of the molecule is CN(CCCCCCCCCBr)Cc1ccsc1. The summed E-state index contributed by atoms with van der Waals surface area (Å²) in [7, 11) is 2.23. The third kappa shape index (κ3) is 8.28. The molecule has 0 aliphatic rings. The quantitative estimate of drug-likeness (QED) is 0.392. The van der Waals surface area contributed by atoms with Gasteiger partial charge in [0.25, 0.3) is 0 Å². The van der Waals surface area contributed by atoms with E-state index in [4.69, 9.17) is 0 Å². The molecule has 0 radical (unpaired) electrons. The van der Waals surface area contributed by atoms with Gasteiger partial charge in [-0.25, -0.2) is 0 Å². The molecule has 0 saturated carbocycles. The lowest BCUT2D eigenvalue weighted by Gasteiger charge is -2.15. The van der Waals surface area contributed by atoms with Gasteiger partial charge in [0.2, 0.25) is 0 Å². The fourth-order valence-corrected chi connectivity index (χ4v) is 3.19. The first-order valence-corrected chi connectivity index (χ1v) is 9.15. The highest BCUT2D eigenvalue weighted by Crippen LogP contribution is 2.11. The molecule has 0 N–H and O–H groups in total. The fraction of sp³-hybridized carbons (Fsp3) is 0.733. The number of hydrogen-bond acceptors (Lipinski definition) is 2. The van der Waals surface area contributed by atoms with Crippen molar-refractivity contribution in [2.24, 2.45) is 0 Å². The molecule has 1 aromatic rings. The van der Waals surface area contributed by atoms with Crippen LogP contribution < -0.4 is 0 Å². The van der Waals surface area contributed by atoms with Crippen LogP contribution in [0.25, 0.3) is 0 Å². The van der Waals surface area contributed by atoms with Crippen molar-refractivity contribution in [3.8, 4) is 0 Å². The van der Waals surface area contributed by atoms with Gasteiger partial charge < -0.3 is 4.90 Å². The molecular formula is C15H26BrNS. The standard InChI is InChI=1S/C15H26BrNS/c1-17(13-15-9-12-18-14-15)11-8-6-4-2-3-5-7-10-16/h9,12,14H,2-8,10-11,13H2,1H3. The zero-order valence-corrected chi connectivity index (χ0v) is 13.9. The van der Waals surface area contributed by atoms with Crippen LogP contribution in [0.15, 0.2) is 16.8 Å². The molecule has 104 valence electrons. The lowest BCUT2D eigenvalue weighted by Crippen LogP contribution is -2.18. The summed E-state index contributed by atoms with van der Waals surface area (Å²) < 4.78 is 0. The molecule has 0 fully saturated rings. The van der Waals surface area contributed by atoms with E-state index in [0.29, 0.717) is 0 Å². The van der Waals surface area contributed by atoms with Gasteiger partial charge in [0.1, 0.15) is 0 Å². The van der Waals surface area contributed by atoms with Crippen molar-refractivity contribution >= 4 is 27.3 Å². The molecule has 0 aromatic carbocycles. The van der Waals surface area contributed by atoms with Crippen molar-refractivity contribution in [1.82, 2.24) is 4.90 Å². The Balaban J connectivity index is 1.88. The van der Waals surface area contributed by atoms with Gasteiger partial charge in [-0.3, -0.25) is 0 Å². The minimum atomic E-state index is 1.11. The van der Waals surface area contributed by atoms with Crippen LogP contribution in [-0.4, -0.2) is 23.8 Å². The van der Waals surface area contributed by atoms with E-state index in [1.54, 1.807) is 11.3 Å². The molecule has 0 bridgehead atoms. The van der Waals surface area contributed by atoms with Gasteiger partial charge >= 0.3 is 0 Å². The molecule has 0 aliphatic carbocycles. The van der Waals surface area contributed by atoms with Crippen molar-refractivity contribution in [1.29, 1.82) is 0 Å². The average molecular weight is 332 g/mol. The summed E-state index contributed by atoms with van der Waals surface area (Å²) in [5.41, 5.74) is 1.46. The average Bonchev–Trinajstić information content (AvgIpc) is 2.85. The van der Waals surface area contributed by atoms with Crippen LogP contribution in [-0.2, 0) is 6.54 Å². The van der Waals surface area contributed by atoms with Crippen LogP contribution in [0, 0.1) is 0 Å². The Morgan fingerprint density at radius 3 is 2.33 bits per heavy atom. The molecule has 0 spiro atoms. The molecule has 0 atom stereocenters. The zero-order valence-electron chi connectivity index (χ0n) is 11.5. The topological polar surface area (TPSA) is 3.24 Å². The van der Waals surface area contributed by atoms with E-state index in [-0.39, 0.29) is 0 Å². The minimum Gasteiger partial charge on any atom is -0.302 e. The van der Waals surface area contributed by atoms with Gasteiger partial charge in [-0.15, -0.1) is 0 Å². The maximum absolute atomic E-state index is 3.48. The molecule has 3 heteroatoms. The van der Waals surface area contributed by atoms with Crippen LogP contribution >= 0.6 is 27.3 Å². The van der Waals surface area contributed by atoms with Gasteiger partial charge in [0.05, 0.1) is 0 Å². The first-order chi connectivity index (χ1) is 8.83. The zero-order chi connectivity index (χ0) is 13.1. The summed E-state index contributed by atoms with van der Waals surface area (Å²) in [6, 6.07) is 2.23. The molecule has 1 rings (SSSR count). The Labute approximate surface area is 125 Å². The number of hydrogen-bond donors (Lipinski definition) is 0. The molecule has 0 aliphatic heterocycles. The van der Waals surface area contributed by atoms with E-state index >= 15 is 0 Å². The van der Waals surface area contributed by atoms with Crippen molar-refractivity contribution in [3.63, 3.8) is 0 Å². The van der Waals surface area contributed by atoms with Crippen molar-refractivity contribution in [2.75, 3.05) is 18.9 Å². The van der Waals surface area contributed by atoms with Crippen molar-refractivity contribution < 1.29 is 0 Å². The maximum Gasteiger partial charge on any atom is 0.0238 e. The van der Waals surface area contributed by atoms with Crippen LogP contribution in [0.5, 0.6) is 0 Å². The second kappa shape index (κ2) is 11.0. The van der Waals surface area contributed by atoms with Gasteiger partial charge in [-0.05, 0) is 48.8 Å². The van der Waals surface area contributed by atoms with E-state index in [1.165, 1.54) is 62.4 Å². The summed E-state index contributed by atoms with van der Waals surface area (Å²) in [5, 5.41) is 5.58. The van der Waals surface area contributed by atoms with Crippen molar-refractivity contribution in [2.45, 2.75) is 51.5 Å². The first kappa shape index (κ1) is 16.2. The summed E-state index contributed by atoms with van der Waals surface area (Å²) in [6.45, 7) is 2.34. The van der Waals surface area contributed by atoms with E-state index in [0.717, 1.165) is 6.54 Å². The molecular weight excluding hydrogens is 306 g/mol. The van der Waals surface area contributed by atoms with Gasteiger partial charge in [0, 0.05) is 11.9 Å². The molecule has 0 saturated heterocycles. The van der Waals surface area contributed by atoms with Gasteiger partial charge in [0.15, 0.2) is 0 Å². The summed E-state index contributed by atoms with van der Waals surface area (Å²) in [4.78, 5) is 2.44. The second-order valence-electron chi connectivity index (χ2n) is 5.03. The van der Waals surface area contributed by atoms with Crippen LogP contribution in [0.3, 0.4) is 0 Å². The monoisotopic (exact) mass is 331 g/mol. The number of nitrogens with zero attached hydrogens (tertiary/aromatic N) is 1. The minimum absolute atomic E-state index is 1.11. The highest BCUT2D eigenvalue weighted by molar-refractivity contribution is 9.09. The molecule has 1 heterocycles. The number of thiophene rings is 1. The summed E-state index contributed by atoms with van der Waals surface area (Å²) >= 11 is 5.27. The molecule has 1 nitrogen and oxygen atoms in total. The smallest absolute Gasteiger partial charge is 0.0238 e. The fourth-order valence-electron chi connectivity index (χ4n) is 2.13. The Morgan fingerprint density at radius 2 is 1.72 bits per heavy atom. The molecule has 18 heavy (non-hydrogen) atoms. The third-order valence-electron chi connectivity index (χ3n) is 3.21. The molecule has 0 unspecified atom stereocenters. The first-order valence-electron chi connectivity index (χ1n) is 7.08. The predicted octanol–water partition coefficient (Wildman–Crippen LogP) is 5.31. The predicted molar refractivity (Wildman–Crippen MR) is 86.8 cm³/mol. The lowest BCUT2D eigenvalue weighted by molar-refractivity contribution is 0.317. The number of rotatable bonds is 11. The van der Waals surface area contributed by atoms with Gasteiger partial charge in [-0.1, -0.05) is 48.0 Å². The maximum atomic E-state index is 3.48. The number of unbranched alkanes of at least 4 members (excludes halogenated alkanes) is 6. The molecule has 1 aromatic heterocycles.